The highest BCUT2D eigenvalue weighted by atomic mass is 32.1. The monoisotopic (exact) mass is 543 g/mol. The fourth-order valence-electron chi connectivity index (χ4n) is 4.53. The van der Waals surface area contributed by atoms with Crippen molar-refractivity contribution in [2.75, 3.05) is 32.1 Å². The number of aliphatic hydroxyl groups excluding tert-OH is 1. The fourth-order valence-corrected chi connectivity index (χ4v) is 5.42. The van der Waals surface area contributed by atoms with Crippen LogP contribution in [0.3, 0.4) is 0 Å². The summed E-state index contributed by atoms with van der Waals surface area (Å²) in [4.78, 5) is 25.7. The molecular formula is C30H33N5O3S. The molecule has 1 aliphatic rings. The maximum atomic E-state index is 12.7. The Balaban J connectivity index is 1.17. The fraction of sp³-hybridized carbons (Fsp3) is 0.300. The van der Waals surface area contributed by atoms with E-state index in [0.717, 1.165) is 66.5 Å². The molecule has 3 N–H and O–H groups in total. The molecule has 1 fully saturated rings. The Morgan fingerprint density at radius 3 is 2.69 bits per heavy atom. The minimum absolute atomic E-state index is 0.119. The Morgan fingerprint density at radius 2 is 1.90 bits per heavy atom. The number of piperidine rings is 1. The van der Waals surface area contributed by atoms with E-state index < -0.39 is 0 Å². The predicted molar refractivity (Wildman–Crippen MR) is 155 cm³/mol. The van der Waals surface area contributed by atoms with Crippen molar-refractivity contribution in [3.05, 3.63) is 88.9 Å². The molecule has 0 radical (unpaired) electrons. The average Bonchev–Trinajstić information content (AvgIpc) is 3.47. The van der Waals surface area contributed by atoms with Crippen LogP contribution in [0, 0.1) is 0 Å². The molecule has 8 nitrogen and oxygen atoms in total. The van der Waals surface area contributed by atoms with Crippen LogP contribution in [0.1, 0.15) is 33.6 Å². The van der Waals surface area contributed by atoms with E-state index in [1.165, 1.54) is 16.9 Å². The van der Waals surface area contributed by atoms with Gasteiger partial charge in [-0.25, -0.2) is 9.97 Å². The van der Waals surface area contributed by atoms with Crippen LogP contribution in [0.5, 0.6) is 5.75 Å². The Bertz CT molecular complexity index is 1380. The van der Waals surface area contributed by atoms with Crippen LogP contribution in [-0.4, -0.2) is 58.7 Å². The van der Waals surface area contributed by atoms with Gasteiger partial charge in [0.25, 0.3) is 5.91 Å². The number of amides is 1. The Kier molecular flexibility index (Phi) is 8.82. The van der Waals surface area contributed by atoms with Crippen molar-refractivity contribution >= 4 is 28.9 Å². The molecule has 1 amide bonds. The normalized spacial score (nSPS) is 14.2. The summed E-state index contributed by atoms with van der Waals surface area (Å²) in [6.45, 7) is 3.33. The van der Waals surface area contributed by atoms with Gasteiger partial charge in [0.05, 0.1) is 28.7 Å². The zero-order valence-corrected chi connectivity index (χ0v) is 22.8. The van der Waals surface area contributed by atoms with Gasteiger partial charge < -0.3 is 25.4 Å². The van der Waals surface area contributed by atoms with E-state index in [2.05, 4.69) is 37.6 Å². The maximum absolute atomic E-state index is 12.7. The molecule has 5 rings (SSSR count). The summed E-state index contributed by atoms with van der Waals surface area (Å²) >= 11 is 1.40. The highest BCUT2D eigenvalue weighted by Crippen LogP contribution is 2.28. The van der Waals surface area contributed by atoms with Gasteiger partial charge >= 0.3 is 0 Å². The van der Waals surface area contributed by atoms with Crippen LogP contribution >= 0.6 is 11.3 Å². The Labute approximate surface area is 232 Å². The molecule has 9 heteroatoms. The number of rotatable bonds is 10. The van der Waals surface area contributed by atoms with E-state index in [0.29, 0.717) is 17.4 Å². The summed E-state index contributed by atoms with van der Waals surface area (Å²) in [6, 6.07) is 21.5. The summed E-state index contributed by atoms with van der Waals surface area (Å²) in [6.07, 6.45) is 4.24. The minimum Gasteiger partial charge on any atom is -0.497 e. The lowest BCUT2D eigenvalue weighted by Crippen LogP contribution is -2.37. The second-order valence-electron chi connectivity index (χ2n) is 9.61. The SMILES string of the molecule is COc1ccc(CNC(=O)c2ccc(-c3ccnc(Nc4cccc(CCN5CCC(O)CC5)c4)n3)s2)cc1. The highest BCUT2D eigenvalue weighted by molar-refractivity contribution is 7.17. The van der Waals surface area contributed by atoms with Gasteiger partial charge in [-0.3, -0.25) is 4.79 Å². The first kappa shape index (κ1) is 26.8. The molecule has 202 valence electrons. The number of hydrogen-bond acceptors (Lipinski definition) is 8. The molecule has 2 aromatic heterocycles. The van der Waals surface area contributed by atoms with Gasteiger partial charge in [0.15, 0.2) is 0 Å². The van der Waals surface area contributed by atoms with Gasteiger partial charge in [-0.2, -0.15) is 0 Å². The molecule has 0 unspecified atom stereocenters. The molecule has 3 heterocycles. The number of carbonyl (C=O) groups excluding carboxylic acids is 1. The zero-order chi connectivity index (χ0) is 27.0. The van der Waals surface area contributed by atoms with Crippen LogP contribution in [0.2, 0.25) is 0 Å². The second-order valence-corrected chi connectivity index (χ2v) is 10.7. The van der Waals surface area contributed by atoms with E-state index >= 15 is 0 Å². The van der Waals surface area contributed by atoms with Crippen molar-refractivity contribution < 1.29 is 14.6 Å². The molecule has 2 aromatic carbocycles. The van der Waals surface area contributed by atoms with Crippen LogP contribution in [0.15, 0.2) is 72.9 Å². The van der Waals surface area contributed by atoms with Crippen LogP contribution < -0.4 is 15.4 Å². The minimum atomic E-state index is -0.146. The van der Waals surface area contributed by atoms with Crippen molar-refractivity contribution in [2.45, 2.75) is 31.9 Å². The number of likely N-dealkylation sites (tertiary alicyclic amines) is 1. The number of benzene rings is 2. The van der Waals surface area contributed by atoms with Gasteiger partial charge in [0.2, 0.25) is 5.95 Å². The Morgan fingerprint density at radius 1 is 1.08 bits per heavy atom. The molecule has 0 aliphatic carbocycles. The number of anilines is 2. The third-order valence-corrected chi connectivity index (χ3v) is 7.91. The standard InChI is InChI=1S/C30H33N5O3S/c1-38-25-7-5-22(6-8-25)20-32-29(37)28-10-9-27(39-28)26-11-15-31-30(34-26)33-23-4-2-3-21(19-23)12-16-35-17-13-24(36)14-18-35/h2-11,15,19,24,36H,12-14,16-18,20H2,1H3,(H,32,37)(H,31,33,34). The Hall–Kier alpha value is -3.79. The van der Waals surface area contributed by atoms with Gasteiger partial charge in [-0.15, -0.1) is 11.3 Å². The largest absolute Gasteiger partial charge is 0.497 e. The highest BCUT2D eigenvalue weighted by Gasteiger charge is 2.16. The van der Waals surface area contributed by atoms with E-state index in [1.54, 1.807) is 13.3 Å². The second kappa shape index (κ2) is 12.8. The summed E-state index contributed by atoms with van der Waals surface area (Å²) in [5.74, 6) is 1.18. The molecule has 0 bridgehead atoms. The summed E-state index contributed by atoms with van der Waals surface area (Å²) < 4.78 is 5.18. The van der Waals surface area contributed by atoms with Crippen molar-refractivity contribution in [3.63, 3.8) is 0 Å². The molecule has 4 aromatic rings. The van der Waals surface area contributed by atoms with Crippen LogP contribution in [0.25, 0.3) is 10.6 Å². The van der Waals surface area contributed by atoms with Crippen molar-refractivity contribution in [1.29, 1.82) is 0 Å². The van der Waals surface area contributed by atoms with E-state index in [9.17, 15) is 9.90 Å². The lowest BCUT2D eigenvalue weighted by Gasteiger charge is -2.29. The third-order valence-electron chi connectivity index (χ3n) is 6.81. The first-order valence-corrected chi connectivity index (χ1v) is 14.0. The van der Waals surface area contributed by atoms with Gasteiger partial charge in [-0.05, 0) is 72.9 Å². The average molecular weight is 544 g/mol. The van der Waals surface area contributed by atoms with E-state index in [-0.39, 0.29) is 12.0 Å². The molecule has 1 aliphatic heterocycles. The molecule has 0 atom stereocenters. The number of hydrogen-bond donors (Lipinski definition) is 3. The lowest BCUT2D eigenvalue weighted by molar-refractivity contribution is 0.0832. The first-order valence-electron chi connectivity index (χ1n) is 13.2. The number of thiophene rings is 1. The number of nitrogens with zero attached hydrogens (tertiary/aromatic N) is 3. The first-order chi connectivity index (χ1) is 19.1. The number of carbonyl (C=O) groups is 1. The maximum Gasteiger partial charge on any atom is 0.261 e. The molecule has 0 saturated carbocycles. The summed E-state index contributed by atoms with van der Waals surface area (Å²) in [5, 5.41) is 16.0. The van der Waals surface area contributed by atoms with Crippen LogP contribution in [0.4, 0.5) is 11.6 Å². The van der Waals surface area contributed by atoms with Crippen LogP contribution in [-0.2, 0) is 13.0 Å². The summed E-state index contributed by atoms with van der Waals surface area (Å²) in [5.41, 5.74) is 3.94. The molecule has 39 heavy (non-hydrogen) atoms. The van der Waals surface area contributed by atoms with Gasteiger partial charge in [-0.1, -0.05) is 24.3 Å². The smallest absolute Gasteiger partial charge is 0.261 e. The quantitative estimate of drug-likeness (QED) is 0.262. The van der Waals surface area contributed by atoms with Crippen molar-refractivity contribution in [1.82, 2.24) is 20.2 Å². The zero-order valence-electron chi connectivity index (χ0n) is 22.0. The molecular weight excluding hydrogens is 510 g/mol. The predicted octanol–water partition coefficient (Wildman–Crippen LogP) is 4.89. The lowest BCUT2D eigenvalue weighted by atomic mass is 10.1. The number of ether oxygens (including phenoxy) is 1. The van der Waals surface area contributed by atoms with E-state index in [4.69, 9.17) is 4.74 Å². The van der Waals surface area contributed by atoms with Crippen molar-refractivity contribution in [2.24, 2.45) is 0 Å². The number of aromatic nitrogens is 2. The number of nitrogens with one attached hydrogen (secondary N) is 2. The summed E-state index contributed by atoms with van der Waals surface area (Å²) in [7, 11) is 1.63. The van der Waals surface area contributed by atoms with Gasteiger partial charge in [0, 0.05) is 38.1 Å². The number of methoxy groups -OCH3 is 1. The van der Waals surface area contributed by atoms with Gasteiger partial charge in [0.1, 0.15) is 5.75 Å². The third kappa shape index (κ3) is 7.41. The molecule has 0 spiro atoms. The number of aliphatic hydroxyl groups is 1. The van der Waals surface area contributed by atoms with E-state index in [1.807, 2.05) is 54.6 Å². The topological polar surface area (TPSA) is 99.6 Å². The molecule has 1 saturated heterocycles. The van der Waals surface area contributed by atoms with Crippen molar-refractivity contribution in [3.8, 4) is 16.3 Å².